The molecule has 7 heteroatoms. The molecule has 0 saturated carbocycles. The van der Waals surface area contributed by atoms with Crippen LogP contribution >= 0.6 is 0 Å². The van der Waals surface area contributed by atoms with Crippen molar-refractivity contribution in [3.8, 4) is 0 Å². The van der Waals surface area contributed by atoms with Gasteiger partial charge in [0.15, 0.2) is 0 Å². The predicted octanol–water partition coefficient (Wildman–Crippen LogP) is 4.64. The SMILES string of the molecule is Cc1ccccc1N1C(=O)c2ccc(C(=O)Nc3ccc(NC(=O)C(C)C)cc3)cc2C1=O. The fourth-order valence-electron chi connectivity index (χ4n) is 3.54. The minimum atomic E-state index is -0.454. The Hall–Kier alpha value is -4.26. The number of rotatable bonds is 5. The lowest BCUT2D eigenvalue weighted by atomic mass is 10.1. The van der Waals surface area contributed by atoms with Crippen LogP contribution in [-0.2, 0) is 4.79 Å². The quantitative estimate of drug-likeness (QED) is 0.564. The van der Waals surface area contributed by atoms with Crippen LogP contribution in [0.3, 0.4) is 0 Å². The monoisotopic (exact) mass is 441 g/mol. The lowest BCUT2D eigenvalue weighted by molar-refractivity contribution is -0.118. The lowest BCUT2D eigenvalue weighted by Gasteiger charge is -2.16. The van der Waals surface area contributed by atoms with Gasteiger partial charge in [-0.25, -0.2) is 4.90 Å². The highest BCUT2D eigenvalue weighted by Gasteiger charge is 2.37. The number of anilines is 3. The molecule has 2 N–H and O–H groups in total. The Morgan fingerprint density at radius 3 is 2.03 bits per heavy atom. The van der Waals surface area contributed by atoms with Crippen molar-refractivity contribution in [2.24, 2.45) is 5.92 Å². The number of carbonyl (C=O) groups excluding carboxylic acids is 4. The molecule has 1 heterocycles. The van der Waals surface area contributed by atoms with E-state index in [1.165, 1.54) is 18.2 Å². The van der Waals surface area contributed by atoms with Crippen LogP contribution in [0, 0.1) is 12.8 Å². The Balaban J connectivity index is 1.52. The first-order chi connectivity index (χ1) is 15.8. The van der Waals surface area contributed by atoms with E-state index in [0.717, 1.165) is 10.5 Å². The molecule has 4 amide bonds. The summed E-state index contributed by atoms with van der Waals surface area (Å²) in [5, 5.41) is 5.56. The third-order valence-electron chi connectivity index (χ3n) is 5.44. The number of nitrogens with one attached hydrogen (secondary N) is 2. The molecular weight excluding hydrogens is 418 g/mol. The van der Waals surface area contributed by atoms with E-state index in [1.54, 1.807) is 50.2 Å². The summed E-state index contributed by atoms with van der Waals surface area (Å²) in [4.78, 5) is 51.6. The summed E-state index contributed by atoms with van der Waals surface area (Å²) in [6.45, 7) is 5.44. The molecule has 0 bridgehead atoms. The standard InChI is InChI=1S/C26H23N3O4/c1-15(2)23(30)27-18-9-11-19(12-10-18)28-24(31)17-8-13-20-21(14-17)26(33)29(25(20)32)22-7-5-4-6-16(22)3/h4-15H,1-3H3,(H,27,30)(H,28,31). The van der Waals surface area contributed by atoms with E-state index in [2.05, 4.69) is 10.6 Å². The van der Waals surface area contributed by atoms with Crippen LogP contribution in [0.1, 0.15) is 50.5 Å². The van der Waals surface area contributed by atoms with Crippen molar-refractivity contribution in [3.05, 3.63) is 89.0 Å². The number of nitrogens with zero attached hydrogens (tertiary/aromatic N) is 1. The van der Waals surface area contributed by atoms with Crippen molar-refractivity contribution in [1.29, 1.82) is 0 Å². The number of fused-ring (bicyclic) bond motifs is 1. The molecule has 1 aliphatic heterocycles. The lowest BCUT2D eigenvalue weighted by Crippen LogP contribution is -2.29. The fourth-order valence-corrected chi connectivity index (χ4v) is 3.54. The van der Waals surface area contributed by atoms with Gasteiger partial charge in [0.25, 0.3) is 17.7 Å². The van der Waals surface area contributed by atoms with Crippen molar-refractivity contribution in [3.63, 3.8) is 0 Å². The van der Waals surface area contributed by atoms with Gasteiger partial charge in [-0.1, -0.05) is 32.0 Å². The van der Waals surface area contributed by atoms with E-state index in [-0.39, 0.29) is 28.5 Å². The number of hydrogen-bond donors (Lipinski definition) is 2. The average Bonchev–Trinajstić information content (AvgIpc) is 3.05. The highest BCUT2D eigenvalue weighted by molar-refractivity contribution is 6.35. The summed E-state index contributed by atoms with van der Waals surface area (Å²) in [7, 11) is 0. The van der Waals surface area contributed by atoms with E-state index in [0.29, 0.717) is 17.1 Å². The molecule has 3 aromatic rings. The fraction of sp³-hybridized carbons (Fsp3) is 0.154. The molecule has 0 unspecified atom stereocenters. The van der Waals surface area contributed by atoms with Crippen molar-refractivity contribution in [2.45, 2.75) is 20.8 Å². The molecule has 1 aliphatic rings. The number of hydrogen-bond acceptors (Lipinski definition) is 4. The molecule has 7 nitrogen and oxygen atoms in total. The topological polar surface area (TPSA) is 95.6 Å². The van der Waals surface area contributed by atoms with E-state index in [9.17, 15) is 19.2 Å². The molecule has 0 spiro atoms. The van der Waals surface area contributed by atoms with Gasteiger partial charge in [0, 0.05) is 22.9 Å². The number of imide groups is 1. The third-order valence-corrected chi connectivity index (χ3v) is 5.44. The third kappa shape index (κ3) is 4.25. The summed E-state index contributed by atoms with van der Waals surface area (Å²) < 4.78 is 0. The molecule has 0 fully saturated rings. The molecule has 0 aliphatic carbocycles. The second-order valence-corrected chi connectivity index (χ2v) is 8.17. The van der Waals surface area contributed by atoms with Gasteiger partial charge in [-0.2, -0.15) is 0 Å². The zero-order valence-electron chi connectivity index (χ0n) is 18.5. The number of amides is 4. The Morgan fingerprint density at radius 1 is 0.788 bits per heavy atom. The molecule has 0 aromatic heterocycles. The van der Waals surface area contributed by atoms with Gasteiger partial charge in [0.1, 0.15) is 0 Å². The van der Waals surface area contributed by atoms with Crippen molar-refractivity contribution < 1.29 is 19.2 Å². The predicted molar refractivity (Wildman–Crippen MR) is 127 cm³/mol. The first-order valence-corrected chi connectivity index (χ1v) is 10.6. The van der Waals surface area contributed by atoms with E-state index >= 15 is 0 Å². The van der Waals surface area contributed by atoms with E-state index in [4.69, 9.17) is 0 Å². The van der Waals surface area contributed by atoms with E-state index in [1.807, 2.05) is 19.1 Å². The van der Waals surface area contributed by atoms with Gasteiger partial charge in [-0.3, -0.25) is 19.2 Å². The Kier molecular flexibility index (Phi) is 5.79. The van der Waals surface area contributed by atoms with Crippen LogP contribution in [-0.4, -0.2) is 23.6 Å². The van der Waals surface area contributed by atoms with Crippen LogP contribution < -0.4 is 15.5 Å². The molecule has 3 aromatic carbocycles. The van der Waals surface area contributed by atoms with Crippen LogP contribution in [0.5, 0.6) is 0 Å². The minimum Gasteiger partial charge on any atom is -0.326 e. The number of aryl methyl sites for hydroxylation is 1. The van der Waals surface area contributed by atoms with Gasteiger partial charge >= 0.3 is 0 Å². The van der Waals surface area contributed by atoms with E-state index < -0.39 is 17.7 Å². The average molecular weight is 441 g/mol. The van der Waals surface area contributed by atoms with Gasteiger partial charge in [-0.15, -0.1) is 0 Å². The van der Waals surface area contributed by atoms with Gasteiger partial charge < -0.3 is 10.6 Å². The molecule has 0 saturated heterocycles. The highest BCUT2D eigenvalue weighted by atomic mass is 16.2. The highest BCUT2D eigenvalue weighted by Crippen LogP contribution is 2.31. The first-order valence-electron chi connectivity index (χ1n) is 10.6. The normalized spacial score (nSPS) is 12.7. The zero-order valence-corrected chi connectivity index (χ0v) is 18.5. The zero-order chi connectivity index (χ0) is 23.7. The van der Waals surface area contributed by atoms with Gasteiger partial charge in [0.05, 0.1) is 16.8 Å². The maximum Gasteiger partial charge on any atom is 0.266 e. The first kappa shape index (κ1) is 22.0. The summed E-state index contributed by atoms with van der Waals surface area (Å²) in [5.41, 5.74) is 3.22. The van der Waals surface area contributed by atoms with Crippen LogP contribution in [0.4, 0.5) is 17.1 Å². The molecular formula is C26H23N3O4. The number of para-hydroxylation sites is 1. The second kappa shape index (κ2) is 8.70. The summed E-state index contributed by atoms with van der Waals surface area (Å²) >= 11 is 0. The van der Waals surface area contributed by atoms with Gasteiger partial charge in [-0.05, 0) is 61.0 Å². The number of benzene rings is 3. The summed E-state index contributed by atoms with van der Waals surface area (Å²) in [5.74, 6) is -1.50. The summed E-state index contributed by atoms with van der Waals surface area (Å²) in [6, 6.07) is 18.4. The van der Waals surface area contributed by atoms with Crippen molar-refractivity contribution in [2.75, 3.05) is 15.5 Å². The van der Waals surface area contributed by atoms with Crippen LogP contribution in [0.2, 0.25) is 0 Å². The largest absolute Gasteiger partial charge is 0.326 e. The smallest absolute Gasteiger partial charge is 0.266 e. The maximum atomic E-state index is 13.0. The molecule has 0 atom stereocenters. The van der Waals surface area contributed by atoms with Crippen LogP contribution in [0.15, 0.2) is 66.7 Å². The molecule has 4 rings (SSSR count). The Bertz CT molecular complexity index is 1280. The van der Waals surface area contributed by atoms with Gasteiger partial charge in [0.2, 0.25) is 5.91 Å². The second-order valence-electron chi connectivity index (χ2n) is 8.17. The molecule has 166 valence electrons. The summed E-state index contributed by atoms with van der Waals surface area (Å²) in [6.07, 6.45) is 0. The maximum absolute atomic E-state index is 13.0. The van der Waals surface area contributed by atoms with Crippen molar-refractivity contribution >= 4 is 40.7 Å². The number of carbonyl (C=O) groups is 4. The molecule has 33 heavy (non-hydrogen) atoms. The Labute approximate surface area is 191 Å². The Morgan fingerprint density at radius 2 is 1.39 bits per heavy atom. The molecule has 0 radical (unpaired) electrons. The van der Waals surface area contributed by atoms with Crippen molar-refractivity contribution in [1.82, 2.24) is 0 Å². The van der Waals surface area contributed by atoms with Crippen LogP contribution in [0.25, 0.3) is 0 Å². The minimum absolute atomic E-state index is 0.0936.